The van der Waals surface area contributed by atoms with E-state index < -0.39 is 22.7 Å². The van der Waals surface area contributed by atoms with Crippen molar-refractivity contribution in [1.82, 2.24) is 15.1 Å². The van der Waals surface area contributed by atoms with E-state index in [1.807, 2.05) is 19.1 Å². The Morgan fingerprint density at radius 3 is 2.68 bits per heavy atom. The molecule has 0 bridgehead atoms. The zero-order chi connectivity index (χ0) is 26.5. The van der Waals surface area contributed by atoms with Crippen molar-refractivity contribution in [2.45, 2.75) is 18.6 Å². The van der Waals surface area contributed by atoms with Gasteiger partial charge in [-0.05, 0) is 42.8 Å². The van der Waals surface area contributed by atoms with Gasteiger partial charge in [0.05, 0.1) is 31.6 Å². The molecule has 2 heterocycles. The molecule has 1 aliphatic rings. The van der Waals surface area contributed by atoms with Crippen LogP contribution in [0.5, 0.6) is 17.2 Å². The van der Waals surface area contributed by atoms with Crippen molar-refractivity contribution in [3.8, 4) is 22.9 Å². The molecule has 2 aromatic carbocycles. The number of halogens is 1. The Morgan fingerprint density at radius 2 is 1.97 bits per heavy atom. The first-order valence-electron chi connectivity index (χ1n) is 10.8. The Morgan fingerprint density at radius 1 is 1.22 bits per heavy atom. The highest BCUT2D eigenvalue weighted by atomic mass is 35.5. The summed E-state index contributed by atoms with van der Waals surface area (Å²) in [5, 5.41) is 22.7. The van der Waals surface area contributed by atoms with Crippen molar-refractivity contribution in [1.29, 1.82) is 0 Å². The molecule has 1 amide bonds. The van der Waals surface area contributed by atoms with E-state index in [0.717, 1.165) is 17.3 Å². The minimum atomic E-state index is -1.07. The van der Waals surface area contributed by atoms with Gasteiger partial charge >= 0.3 is 5.97 Å². The van der Waals surface area contributed by atoms with Crippen molar-refractivity contribution >= 4 is 46.6 Å². The molecule has 13 heteroatoms. The Labute approximate surface area is 219 Å². The Bertz CT molecular complexity index is 1470. The van der Waals surface area contributed by atoms with Crippen LogP contribution in [0.25, 0.3) is 5.69 Å². The van der Waals surface area contributed by atoms with Crippen molar-refractivity contribution < 1.29 is 24.2 Å². The Kier molecular flexibility index (Phi) is 7.89. The lowest BCUT2D eigenvalue weighted by Gasteiger charge is -2.12. The topological polar surface area (TPSA) is 144 Å². The summed E-state index contributed by atoms with van der Waals surface area (Å²) in [4.78, 5) is 35.4. The molecule has 2 N–H and O–H groups in total. The molecular weight excluding hydrogens is 522 g/mol. The first-order valence-corrected chi connectivity index (χ1v) is 12.0. The smallest absolute Gasteiger partial charge is 0.305 e. The maximum Gasteiger partial charge on any atom is 0.305 e. The molecule has 1 fully saturated rings. The van der Waals surface area contributed by atoms with Crippen LogP contribution in [0.2, 0.25) is 5.02 Å². The minimum absolute atomic E-state index is 0.0612. The number of carbonyl (C=O) groups is 2. The van der Waals surface area contributed by atoms with Gasteiger partial charge in [-0.2, -0.15) is 14.9 Å². The van der Waals surface area contributed by atoms with Crippen LogP contribution in [0.1, 0.15) is 17.5 Å². The van der Waals surface area contributed by atoms with Crippen LogP contribution < -0.4 is 20.3 Å². The number of rotatable bonds is 8. The predicted octanol–water partition coefficient (Wildman–Crippen LogP) is 3.39. The second-order valence-corrected chi connectivity index (χ2v) is 9.30. The molecule has 11 nitrogen and oxygen atoms in total. The van der Waals surface area contributed by atoms with Crippen molar-refractivity contribution in [2.24, 2.45) is 10.2 Å². The van der Waals surface area contributed by atoms with Crippen molar-refractivity contribution in [2.75, 3.05) is 7.11 Å². The number of ether oxygens (including phenoxy) is 2. The maximum atomic E-state index is 12.8. The second-order valence-electron chi connectivity index (χ2n) is 7.73. The van der Waals surface area contributed by atoms with Gasteiger partial charge in [0.1, 0.15) is 5.25 Å². The van der Waals surface area contributed by atoms with Crippen LogP contribution >= 0.6 is 23.4 Å². The molecule has 1 unspecified atom stereocenters. The lowest BCUT2D eigenvalue weighted by molar-refractivity contribution is -0.138. The summed E-state index contributed by atoms with van der Waals surface area (Å²) < 4.78 is 12.4. The number of hydrogen-bond donors (Lipinski definition) is 2. The van der Waals surface area contributed by atoms with Crippen LogP contribution in [0.3, 0.4) is 0 Å². The SMILES string of the molecule is COc1cc(C=NN=C2NC(=O)C(CC(=O)O)S2)ccc1Oc1cnn(-c2ccc(C)cc2)c(=O)c1Cl. The highest BCUT2D eigenvalue weighted by Crippen LogP contribution is 2.34. The molecular formula is C24H20ClN5O6S. The molecule has 1 aromatic heterocycles. The number of methoxy groups -OCH3 is 1. The van der Waals surface area contributed by atoms with Crippen LogP contribution in [0, 0.1) is 6.92 Å². The first-order chi connectivity index (χ1) is 17.7. The summed E-state index contributed by atoms with van der Waals surface area (Å²) in [6.45, 7) is 1.94. The zero-order valence-electron chi connectivity index (χ0n) is 19.5. The van der Waals surface area contributed by atoms with Crippen LogP contribution in [0.4, 0.5) is 0 Å². The number of nitrogens with one attached hydrogen (secondary N) is 1. The minimum Gasteiger partial charge on any atom is -0.493 e. The number of carbonyl (C=O) groups excluding carboxylic acids is 1. The number of benzene rings is 2. The van der Waals surface area contributed by atoms with Gasteiger partial charge < -0.3 is 19.9 Å². The van der Waals surface area contributed by atoms with E-state index >= 15 is 0 Å². The largest absolute Gasteiger partial charge is 0.493 e. The molecule has 0 spiro atoms. The normalized spacial score (nSPS) is 16.2. The highest BCUT2D eigenvalue weighted by Gasteiger charge is 2.32. The van der Waals surface area contributed by atoms with E-state index in [2.05, 4.69) is 20.6 Å². The molecule has 3 aromatic rings. The van der Waals surface area contributed by atoms with Crippen LogP contribution in [0.15, 0.2) is 63.7 Å². The molecule has 4 rings (SSSR count). The van der Waals surface area contributed by atoms with Gasteiger partial charge in [0.15, 0.2) is 27.4 Å². The fourth-order valence-electron chi connectivity index (χ4n) is 3.22. The Balaban J connectivity index is 1.49. The molecule has 1 saturated heterocycles. The number of thioether (sulfide) groups is 1. The summed E-state index contributed by atoms with van der Waals surface area (Å²) in [5.41, 5.74) is 1.68. The van der Waals surface area contributed by atoms with Gasteiger partial charge in [0.25, 0.3) is 5.56 Å². The molecule has 1 aliphatic heterocycles. The van der Waals surface area contributed by atoms with Gasteiger partial charge in [0.2, 0.25) is 5.91 Å². The van der Waals surface area contributed by atoms with E-state index in [-0.39, 0.29) is 28.1 Å². The fourth-order valence-corrected chi connectivity index (χ4v) is 4.30. The number of aryl methyl sites for hydroxylation is 1. The number of aromatic nitrogens is 2. The number of amidine groups is 1. The predicted molar refractivity (Wildman–Crippen MR) is 139 cm³/mol. The Hall–Kier alpha value is -4.16. The van der Waals surface area contributed by atoms with Crippen molar-refractivity contribution in [3.63, 3.8) is 0 Å². The lowest BCUT2D eigenvalue weighted by Crippen LogP contribution is -2.26. The van der Waals surface area contributed by atoms with Crippen LogP contribution in [-0.2, 0) is 9.59 Å². The van der Waals surface area contributed by atoms with Gasteiger partial charge in [0, 0.05) is 0 Å². The quantitative estimate of drug-likeness (QED) is 0.326. The third-order valence-electron chi connectivity index (χ3n) is 5.06. The first kappa shape index (κ1) is 25.9. The summed E-state index contributed by atoms with van der Waals surface area (Å²) in [6.07, 6.45) is 2.46. The number of carboxylic acid groups (broad SMARTS) is 1. The molecule has 1 atom stereocenters. The third kappa shape index (κ3) is 6.16. The van der Waals surface area contributed by atoms with Gasteiger partial charge in [-0.15, -0.1) is 5.10 Å². The van der Waals surface area contributed by atoms with E-state index in [4.69, 9.17) is 26.2 Å². The third-order valence-corrected chi connectivity index (χ3v) is 6.49. The van der Waals surface area contributed by atoms with Gasteiger partial charge in [-0.3, -0.25) is 14.4 Å². The lowest BCUT2D eigenvalue weighted by atomic mass is 10.2. The second kappa shape index (κ2) is 11.3. The number of aliphatic carboxylic acids is 1. The van der Waals surface area contributed by atoms with E-state index in [0.29, 0.717) is 17.0 Å². The van der Waals surface area contributed by atoms with E-state index in [1.165, 1.54) is 24.2 Å². The summed E-state index contributed by atoms with van der Waals surface area (Å²) in [7, 11) is 1.45. The summed E-state index contributed by atoms with van der Waals surface area (Å²) in [5.74, 6) is -0.815. The average molecular weight is 542 g/mol. The average Bonchev–Trinajstić information content (AvgIpc) is 3.21. The monoisotopic (exact) mass is 541 g/mol. The maximum absolute atomic E-state index is 12.8. The fraction of sp³-hybridized carbons (Fsp3) is 0.167. The van der Waals surface area contributed by atoms with E-state index in [9.17, 15) is 14.4 Å². The van der Waals surface area contributed by atoms with Crippen molar-refractivity contribution in [3.05, 3.63) is 75.2 Å². The van der Waals surface area contributed by atoms with Gasteiger partial charge in [-0.25, -0.2) is 0 Å². The molecule has 0 saturated carbocycles. The molecule has 0 radical (unpaired) electrons. The number of hydrogen-bond acceptors (Lipinski definition) is 9. The number of amides is 1. The van der Waals surface area contributed by atoms with Gasteiger partial charge in [-0.1, -0.05) is 41.1 Å². The standard InChI is InChI=1S/C24H20ClN5O6S/c1-13-3-6-15(7-4-13)30-23(34)21(25)18(12-27-30)36-16-8-5-14(9-17(16)35-2)11-26-29-24-28-22(33)19(37-24)10-20(31)32/h3-9,11-12,19H,10H2,1-2H3,(H,31,32)(H,28,29,33). The van der Waals surface area contributed by atoms with Crippen LogP contribution in [-0.4, -0.2) is 50.5 Å². The highest BCUT2D eigenvalue weighted by molar-refractivity contribution is 8.15. The zero-order valence-corrected chi connectivity index (χ0v) is 21.1. The van der Waals surface area contributed by atoms with E-state index in [1.54, 1.807) is 30.3 Å². The molecule has 37 heavy (non-hydrogen) atoms. The number of nitrogens with zero attached hydrogens (tertiary/aromatic N) is 4. The molecule has 190 valence electrons. The molecule has 0 aliphatic carbocycles. The number of carboxylic acids is 1. The summed E-state index contributed by atoms with van der Waals surface area (Å²) >= 11 is 7.30. The summed E-state index contributed by atoms with van der Waals surface area (Å²) in [6, 6.07) is 12.2.